The number of fused-ring (bicyclic) bond motifs is 4. The van der Waals surface area contributed by atoms with Crippen LogP contribution in [0.4, 0.5) is 13.2 Å². The molecule has 0 heterocycles. The van der Waals surface area contributed by atoms with Crippen molar-refractivity contribution in [3.05, 3.63) is 46.8 Å². The summed E-state index contributed by atoms with van der Waals surface area (Å²) in [6, 6.07) is 5.33. The highest BCUT2D eigenvalue weighted by atomic mass is 19.2. The summed E-state index contributed by atoms with van der Waals surface area (Å²) in [5.74, 6) is -2.08. The molecule has 0 bridgehead atoms. The molecule has 0 saturated carbocycles. The van der Waals surface area contributed by atoms with Crippen molar-refractivity contribution in [1.29, 1.82) is 0 Å². The van der Waals surface area contributed by atoms with E-state index in [4.69, 9.17) is 0 Å². The average Bonchev–Trinajstić information content (AvgIpc) is 2.59. The van der Waals surface area contributed by atoms with E-state index in [9.17, 15) is 13.2 Å². The molecule has 0 spiro atoms. The molecule has 1 aliphatic carbocycles. The number of rotatable bonds is 8. The Morgan fingerprint density at radius 3 is 2.08 bits per heavy atom. The quantitative estimate of drug-likeness (QED) is 0.378. The van der Waals surface area contributed by atoms with E-state index in [-0.39, 0.29) is 11.1 Å². The van der Waals surface area contributed by atoms with E-state index in [1.807, 2.05) is 13.0 Å². The van der Waals surface area contributed by atoms with Crippen LogP contribution in [0.5, 0.6) is 0 Å². The molecular weight excluding hydrogens is 321 g/mol. The van der Waals surface area contributed by atoms with Crippen molar-refractivity contribution in [1.82, 2.24) is 0 Å². The summed E-state index contributed by atoms with van der Waals surface area (Å²) in [5, 5.41) is 0. The van der Waals surface area contributed by atoms with Gasteiger partial charge in [-0.15, -0.1) is 0 Å². The van der Waals surface area contributed by atoms with Gasteiger partial charge in [0.05, 0.1) is 0 Å². The van der Waals surface area contributed by atoms with E-state index in [0.717, 1.165) is 32.1 Å². The minimum atomic E-state index is -0.888. The molecule has 0 N–H and O–H groups in total. The molecule has 0 amide bonds. The van der Waals surface area contributed by atoms with Crippen LogP contribution >= 0.6 is 0 Å². The molecule has 0 unspecified atom stereocenters. The molecule has 0 saturated heterocycles. The maximum atomic E-state index is 14.6. The summed E-state index contributed by atoms with van der Waals surface area (Å²) in [4.78, 5) is 0. The van der Waals surface area contributed by atoms with E-state index < -0.39 is 17.5 Å². The number of hydrogen-bond donors (Lipinski definition) is 0. The van der Waals surface area contributed by atoms with E-state index in [1.165, 1.54) is 6.42 Å². The third-order valence-corrected chi connectivity index (χ3v) is 5.11. The fraction of sp³-hybridized carbons (Fsp3) is 0.455. The van der Waals surface area contributed by atoms with E-state index in [1.54, 1.807) is 12.1 Å². The Morgan fingerprint density at radius 1 is 0.640 bits per heavy atom. The Hall–Kier alpha value is -1.77. The van der Waals surface area contributed by atoms with Crippen molar-refractivity contribution in [2.75, 3.05) is 0 Å². The fourth-order valence-corrected chi connectivity index (χ4v) is 3.72. The Labute approximate surface area is 148 Å². The first kappa shape index (κ1) is 18.0. The van der Waals surface area contributed by atoms with Crippen LogP contribution in [0.25, 0.3) is 22.3 Å². The van der Waals surface area contributed by atoms with Crippen LogP contribution in [0.3, 0.4) is 0 Å². The third kappa shape index (κ3) is 3.21. The summed E-state index contributed by atoms with van der Waals surface area (Å²) in [6.45, 7) is 4.12. The third-order valence-electron chi connectivity index (χ3n) is 5.11. The smallest absolute Gasteiger partial charge is 0.167 e. The lowest BCUT2D eigenvalue weighted by Crippen LogP contribution is -2.10. The molecule has 0 radical (unpaired) electrons. The predicted octanol–water partition coefficient (Wildman–Crippen LogP) is 7.22. The molecule has 0 nitrogen and oxygen atoms in total. The maximum absolute atomic E-state index is 14.6. The first-order valence-electron chi connectivity index (χ1n) is 9.43. The average molecular weight is 346 g/mol. The molecule has 1 aliphatic rings. The second-order valence-corrected chi connectivity index (χ2v) is 6.96. The number of halogens is 3. The Morgan fingerprint density at radius 2 is 1.36 bits per heavy atom. The van der Waals surface area contributed by atoms with Gasteiger partial charge in [-0.3, -0.25) is 0 Å². The molecule has 3 rings (SSSR count). The number of hydrogen-bond acceptors (Lipinski definition) is 0. The first-order chi connectivity index (χ1) is 12.1. The largest absolute Gasteiger partial charge is 0.206 e. The highest BCUT2D eigenvalue weighted by molar-refractivity contribution is 6.03. The van der Waals surface area contributed by atoms with Gasteiger partial charge >= 0.3 is 0 Å². The lowest BCUT2D eigenvalue weighted by Gasteiger charge is -2.27. The second kappa shape index (κ2) is 7.63. The lowest BCUT2D eigenvalue weighted by molar-refractivity contribution is 0.496. The highest BCUT2D eigenvalue weighted by Crippen LogP contribution is 2.51. The topological polar surface area (TPSA) is 0 Å². The van der Waals surface area contributed by atoms with Crippen molar-refractivity contribution in [3.63, 3.8) is 0 Å². The molecule has 3 heteroatoms. The van der Waals surface area contributed by atoms with Gasteiger partial charge in [0.2, 0.25) is 0 Å². The zero-order valence-corrected chi connectivity index (χ0v) is 15.0. The summed E-state index contributed by atoms with van der Waals surface area (Å²) in [6.07, 6.45) is 7.29. The highest BCUT2D eigenvalue weighted by Gasteiger charge is 2.33. The van der Waals surface area contributed by atoms with Crippen LogP contribution in [0.2, 0.25) is 0 Å². The molecule has 0 fully saturated rings. The van der Waals surface area contributed by atoms with Crippen LogP contribution in [-0.2, 0) is 12.8 Å². The summed E-state index contributed by atoms with van der Waals surface area (Å²) in [7, 11) is 0. The molecule has 0 atom stereocenters. The minimum Gasteiger partial charge on any atom is -0.206 e. The van der Waals surface area contributed by atoms with Gasteiger partial charge in [-0.2, -0.15) is 0 Å². The summed E-state index contributed by atoms with van der Waals surface area (Å²) < 4.78 is 43.6. The van der Waals surface area contributed by atoms with Gasteiger partial charge in [0, 0.05) is 11.1 Å². The van der Waals surface area contributed by atoms with Crippen molar-refractivity contribution < 1.29 is 13.2 Å². The van der Waals surface area contributed by atoms with Gasteiger partial charge in [0.1, 0.15) is 5.82 Å². The van der Waals surface area contributed by atoms with Crippen LogP contribution in [-0.4, -0.2) is 0 Å². The molecule has 0 aliphatic heterocycles. The van der Waals surface area contributed by atoms with Gasteiger partial charge in [0.15, 0.2) is 11.6 Å². The molecule has 25 heavy (non-hydrogen) atoms. The Kier molecular flexibility index (Phi) is 5.51. The molecule has 2 aromatic rings. The van der Waals surface area contributed by atoms with Crippen LogP contribution in [0.15, 0.2) is 18.2 Å². The fourth-order valence-electron chi connectivity index (χ4n) is 3.72. The zero-order chi connectivity index (χ0) is 18.0. The van der Waals surface area contributed by atoms with Gasteiger partial charge in [-0.1, -0.05) is 58.1 Å². The van der Waals surface area contributed by atoms with Gasteiger partial charge in [-0.25, -0.2) is 13.2 Å². The van der Waals surface area contributed by atoms with Crippen molar-refractivity contribution >= 4 is 0 Å². The standard InChI is InChI=1S/C22H25F3/c1-3-5-6-7-8-10-15-13-17-16-12-11-14(9-4-2)20(23)18(16)19(17)22(25)21(15)24/h11-13H,3-10H2,1-2H3. The van der Waals surface area contributed by atoms with E-state index in [0.29, 0.717) is 35.1 Å². The number of aryl methyl sites for hydroxylation is 2. The maximum Gasteiger partial charge on any atom is 0.167 e. The molecular formula is C22H25F3. The van der Waals surface area contributed by atoms with E-state index >= 15 is 0 Å². The first-order valence-corrected chi connectivity index (χ1v) is 9.43. The summed E-state index contributed by atoms with van der Waals surface area (Å²) >= 11 is 0. The van der Waals surface area contributed by atoms with Crippen LogP contribution in [0.1, 0.15) is 63.5 Å². The van der Waals surface area contributed by atoms with Crippen molar-refractivity contribution in [2.24, 2.45) is 0 Å². The zero-order valence-electron chi connectivity index (χ0n) is 15.0. The monoisotopic (exact) mass is 346 g/mol. The molecule has 134 valence electrons. The van der Waals surface area contributed by atoms with Crippen molar-refractivity contribution in [3.8, 4) is 22.3 Å². The Bertz CT molecular complexity index is 778. The van der Waals surface area contributed by atoms with E-state index in [2.05, 4.69) is 6.92 Å². The number of benzene rings is 2. The van der Waals surface area contributed by atoms with Gasteiger partial charge < -0.3 is 0 Å². The van der Waals surface area contributed by atoms with Gasteiger partial charge in [0.25, 0.3) is 0 Å². The normalized spacial score (nSPS) is 11.9. The number of unbranched alkanes of at least 4 members (excludes halogenated alkanes) is 4. The van der Waals surface area contributed by atoms with Crippen molar-refractivity contribution in [2.45, 2.75) is 65.2 Å². The molecule has 2 aromatic carbocycles. The van der Waals surface area contributed by atoms with Crippen LogP contribution in [0, 0.1) is 17.5 Å². The SMILES string of the molecule is CCCCCCCc1cc2c(c(F)c1F)-c1c-2ccc(CCC)c1F. The molecule has 0 aromatic heterocycles. The Balaban J connectivity index is 1.86. The lowest BCUT2D eigenvalue weighted by atomic mass is 9.77. The minimum absolute atomic E-state index is 0.123. The second-order valence-electron chi connectivity index (χ2n) is 6.96. The van der Waals surface area contributed by atoms with Gasteiger partial charge in [-0.05, 0) is 47.6 Å². The predicted molar refractivity (Wildman–Crippen MR) is 97.2 cm³/mol. The van der Waals surface area contributed by atoms with Crippen LogP contribution < -0.4 is 0 Å². The summed E-state index contributed by atoms with van der Waals surface area (Å²) in [5.41, 5.74) is 2.73.